The Morgan fingerprint density at radius 1 is 1.53 bits per heavy atom. The second-order valence-electron chi connectivity index (χ2n) is 5.20. The summed E-state index contributed by atoms with van der Waals surface area (Å²) >= 11 is 0. The molecule has 1 heterocycles. The summed E-state index contributed by atoms with van der Waals surface area (Å²) in [7, 11) is 0. The average Bonchev–Trinajstić information content (AvgIpc) is 2.26. The summed E-state index contributed by atoms with van der Waals surface area (Å²) in [4.78, 5) is 19.3. The second-order valence-corrected chi connectivity index (χ2v) is 5.20. The lowest BCUT2D eigenvalue weighted by molar-refractivity contribution is -0.153. The van der Waals surface area contributed by atoms with Crippen LogP contribution in [0.1, 0.15) is 33.1 Å². The third kappa shape index (κ3) is 3.13. The molecule has 0 unspecified atom stereocenters. The number of ether oxygens (including phenoxy) is 1. The molecule has 1 saturated carbocycles. The van der Waals surface area contributed by atoms with Gasteiger partial charge >= 0.3 is 5.97 Å². The van der Waals surface area contributed by atoms with Gasteiger partial charge in [-0.15, -0.1) is 0 Å². The fraction of sp³-hybridized carbons (Fsp3) is 0.615. The highest BCUT2D eigenvalue weighted by atomic mass is 16.5. The van der Waals surface area contributed by atoms with Crippen molar-refractivity contribution in [3.8, 4) is 5.88 Å². The van der Waals surface area contributed by atoms with E-state index in [0.717, 1.165) is 19.3 Å². The Hall–Kier alpha value is -1.85. The molecule has 2 N–H and O–H groups in total. The van der Waals surface area contributed by atoms with Gasteiger partial charge in [0.05, 0.1) is 11.5 Å². The van der Waals surface area contributed by atoms with Crippen LogP contribution in [0.25, 0.3) is 0 Å². The minimum absolute atomic E-state index is 0.0414. The van der Waals surface area contributed by atoms with Crippen LogP contribution in [0, 0.1) is 5.41 Å². The van der Waals surface area contributed by atoms with Crippen LogP contribution in [-0.4, -0.2) is 33.7 Å². The Morgan fingerprint density at radius 2 is 2.26 bits per heavy atom. The first-order chi connectivity index (χ1) is 9.02. The molecule has 0 aliphatic heterocycles. The highest BCUT2D eigenvalue weighted by Gasteiger charge is 2.44. The Bertz CT molecular complexity index is 458. The molecule has 0 spiro atoms. The Balaban J connectivity index is 1.97. The number of hydrogen-bond acceptors (Lipinski definition) is 5. The number of aliphatic carboxylic acids is 1. The summed E-state index contributed by atoms with van der Waals surface area (Å²) in [6, 6.07) is 1.69. The number of hydrogen-bond donors (Lipinski definition) is 2. The third-order valence-electron chi connectivity index (χ3n) is 3.37. The zero-order chi connectivity index (χ0) is 13.9. The first kappa shape index (κ1) is 13.6. The largest absolute Gasteiger partial charge is 0.481 e. The number of aromatic nitrogens is 2. The molecular weight excluding hydrogens is 246 g/mol. The molecule has 1 aliphatic rings. The molecule has 2 rings (SSSR count). The minimum Gasteiger partial charge on any atom is -0.481 e. The first-order valence-electron chi connectivity index (χ1n) is 6.48. The number of carboxylic acids is 1. The summed E-state index contributed by atoms with van der Waals surface area (Å²) in [5.41, 5.74) is -0.635. The second kappa shape index (κ2) is 5.42. The van der Waals surface area contributed by atoms with Gasteiger partial charge in [-0.2, -0.15) is 0 Å². The quantitative estimate of drug-likeness (QED) is 0.817. The number of nitrogens with one attached hydrogen (secondary N) is 1. The van der Waals surface area contributed by atoms with Crippen molar-refractivity contribution in [3.63, 3.8) is 0 Å². The molecule has 0 radical (unpaired) electrons. The van der Waals surface area contributed by atoms with Crippen molar-refractivity contribution < 1.29 is 14.6 Å². The van der Waals surface area contributed by atoms with Crippen LogP contribution in [0.4, 0.5) is 5.82 Å². The monoisotopic (exact) mass is 265 g/mol. The number of carboxylic acid groups (broad SMARTS) is 1. The van der Waals surface area contributed by atoms with Crippen LogP contribution in [0.5, 0.6) is 5.88 Å². The number of rotatable bonds is 6. The van der Waals surface area contributed by atoms with Gasteiger partial charge in [-0.1, -0.05) is 6.42 Å². The van der Waals surface area contributed by atoms with Crippen LogP contribution in [0.2, 0.25) is 0 Å². The molecule has 1 aliphatic carbocycles. The van der Waals surface area contributed by atoms with E-state index in [9.17, 15) is 9.90 Å². The highest BCUT2D eigenvalue weighted by molar-refractivity contribution is 5.76. The zero-order valence-corrected chi connectivity index (χ0v) is 11.2. The maximum Gasteiger partial charge on any atom is 0.311 e. The van der Waals surface area contributed by atoms with Gasteiger partial charge in [0, 0.05) is 12.6 Å². The smallest absolute Gasteiger partial charge is 0.311 e. The molecule has 1 aromatic rings. The molecule has 1 fully saturated rings. The fourth-order valence-electron chi connectivity index (χ4n) is 2.07. The van der Waals surface area contributed by atoms with Crippen LogP contribution in [0.15, 0.2) is 12.4 Å². The third-order valence-corrected chi connectivity index (χ3v) is 3.37. The standard InChI is InChI=1S/C13H19N3O3/c1-9(2)19-11-6-10(15-8-16-11)14-7-13(12(17)18)4-3-5-13/h6,8-9H,3-5,7H2,1-2H3,(H,17,18)(H,14,15,16). The predicted molar refractivity (Wildman–Crippen MR) is 70.2 cm³/mol. The molecule has 0 bridgehead atoms. The van der Waals surface area contributed by atoms with Gasteiger partial charge in [0.2, 0.25) is 5.88 Å². The van der Waals surface area contributed by atoms with Crippen molar-refractivity contribution in [2.75, 3.05) is 11.9 Å². The molecule has 19 heavy (non-hydrogen) atoms. The summed E-state index contributed by atoms with van der Waals surface area (Å²) in [6.45, 7) is 4.23. The van der Waals surface area contributed by atoms with E-state index in [0.29, 0.717) is 18.2 Å². The van der Waals surface area contributed by atoms with E-state index < -0.39 is 11.4 Å². The molecule has 6 heteroatoms. The van der Waals surface area contributed by atoms with E-state index in [-0.39, 0.29) is 6.10 Å². The maximum atomic E-state index is 11.2. The van der Waals surface area contributed by atoms with Gasteiger partial charge in [-0.3, -0.25) is 4.79 Å². The molecule has 0 amide bonds. The normalized spacial score (nSPS) is 16.8. The van der Waals surface area contributed by atoms with Crippen molar-refractivity contribution in [2.45, 2.75) is 39.2 Å². The molecule has 1 aromatic heterocycles. The van der Waals surface area contributed by atoms with Gasteiger partial charge < -0.3 is 15.2 Å². The van der Waals surface area contributed by atoms with E-state index in [1.54, 1.807) is 6.07 Å². The van der Waals surface area contributed by atoms with E-state index in [4.69, 9.17) is 4.74 Å². The Morgan fingerprint density at radius 3 is 2.79 bits per heavy atom. The lowest BCUT2D eigenvalue weighted by Crippen LogP contribution is -2.43. The van der Waals surface area contributed by atoms with Crippen molar-refractivity contribution in [2.24, 2.45) is 5.41 Å². The van der Waals surface area contributed by atoms with Crippen LogP contribution >= 0.6 is 0 Å². The van der Waals surface area contributed by atoms with E-state index in [1.807, 2.05) is 13.8 Å². The fourth-order valence-corrected chi connectivity index (χ4v) is 2.07. The Kier molecular flexibility index (Phi) is 3.87. The zero-order valence-electron chi connectivity index (χ0n) is 11.2. The topological polar surface area (TPSA) is 84.3 Å². The number of carbonyl (C=O) groups is 1. The SMILES string of the molecule is CC(C)Oc1cc(NCC2(C(=O)O)CCC2)ncn1. The molecule has 104 valence electrons. The predicted octanol–water partition coefficient (Wildman–Crippen LogP) is 1.93. The van der Waals surface area contributed by atoms with Crippen LogP contribution in [0.3, 0.4) is 0 Å². The molecule has 6 nitrogen and oxygen atoms in total. The maximum absolute atomic E-state index is 11.2. The summed E-state index contributed by atoms with van der Waals surface area (Å²) in [5.74, 6) is 0.350. The van der Waals surface area contributed by atoms with E-state index >= 15 is 0 Å². The summed E-state index contributed by atoms with van der Waals surface area (Å²) in [6.07, 6.45) is 3.86. The molecule has 0 saturated heterocycles. The van der Waals surface area contributed by atoms with E-state index in [2.05, 4.69) is 15.3 Å². The first-order valence-corrected chi connectivity index (χ1v) is 6.48. The molecule has 0 atom stereocenters. The van der Waals surface area contributed by atoms with Crippen molar-refractivity contribution in [1.29, 1.82) is 0 Å². The van der Waals surface area contributed by atoms with Gasteiger partial charge in [0.1, 0.15) is 12.1 Å². The summed E-state index contributed by atoms with van der Waals surface area (Å²) < 4.78 is 5.47. The van der Waals surface area contributed by atoms with Crippen molar-refractivity contribution in [3.05, 3.63) is 12.4 Å². The van der Waals surface area contributed by atoms with Gasteiger partial charge in [-0.05, 0) is 26.7 Å². The average molecular weight is 265 g/mol. The molecule has 0 aromatic carbocycles. The van der Waals surface area contributed by atoms with Gasteiger partial charge in [-0.25, -0.2) is 9.97 Å². The Labute approximate surface area is 112 Å². The number of nitrogens with zero attached hydrogens (tertiary/aromatic N) is 2. The van der Waals surface area contributed by atoms with Crippen molar-refractivity contribution in [1.82, 2.24) is 9.97 Å². The van der Waals surface area contributed by atoms with Gasteiger partial charge in [0.25, 0.3) is 0 Å². The minimum atomic E-state index is -0.737. The van der Waals surface area contributed by atoms with Crippen LogP contribution < -0.4 is 10.1 Å². The number of anilines is 1. The lowest BCUT2D eigenvalue weighted by atomic mass is 9.69. The molecular formula is C13H19N3O3. The van der Waals surface area contributed by atoms with Crippen molar-refractivity contribution >= 4 is 11.8 Å². The highest BCUT2D eigenvalue weighted by Crippen LogP contribution is 2.41. The van der Waals surface area contributed by atoms with Crippen LogP contribution in [-0.2, 0) is 4.79 Å². The summed E-state index contributed by atoms with van der Waals surface area (Å²) in [5, 5.41) is 12.3. The lowest BCUT2D eigenvalue weighted by Gasteiger charge is -2.37. The van der Waals surface area contributed by atoms with Gasteiger partial charge in [0.15, 0.2) is 0 Å². The van der Waals surface area contributed by atoms with E-state index in [1.165, 1.54) is 6.33 Å².